The number of nitrogens with one attached hydrogen (secondary N) is 2. The second-order valence-electron chi connectivity index (χ2n) is 7.47. The Morgan fingerprint density at radius 3 is 2.86 bits per heavy atom. The fourth-order valence-electron chi connectivity index (χ4n) is 3.74. The highest BCUT2D eigenvalue weighted by atomic mass is 19.1. The number of hydrogen-bond donors (Lipinski definition) is 2. The smallest absolute Gasteiger partial charge is 0.229 e. The molecule has 1 aromatic heterocycles. The Balaban J connectivity index is 1.38. The van der Waals surface area contributed by atoms with E-state index < -0.39 is 23.5 Å². The molecule has 150 valence electrons. The van der Waals surface area contributed by atoms with Crippen LogP contribution < -0.4 is 5.32 Å². The Labute approximate surface area is 166 Å². The molecule has 0 spiro atoms. The molecular weight excluding hydrogens is 376 g/mol. The zero-order valence-corrected chi connectivity index (χ0v) is 16.0. The average molecular weight is 397 g/mol. The number of carbonyl (C=O) groups excluding carboxylic acids is 2. The van der Waals surface area contributed by atoms with Gasteiger partial charge in [-0.1, -0.05) is 11.6 Å². The lowest BCUT2D eigenvalue weighted by Gasteiger charge is -2.16. The summed E-state index contributed by atoms with van der Waals surface area (Å²) in [4.78, 5) is 29.7. The van der Waals surface area contributed by atoms with Crippen molar-refractivity contribution in [2.24, 2.45) is 5.92 Å². The van der Waals surface area contributed by atoms with Crippen LogP contribution in [0.5, 0.6) is 0 Å². The highest BCUT2D eigenvalue weighted by Crippen LogP contribution is 2.24. The number of hydrogen-bond acceptors (Lipinski definition) is 2. The summed E-state index contributed by atoms with van der Waals surface area (Å²) in [5.74, 6) is -2.64. The molecule has 0 aliphatic carbocycles. The van der Waals surface area contributed by atoms with E-state index in [0.29, 0.717) is 19.0 Å². The number of rotatable bonds is 5. The molecule has 29 heavy (non-hydrogen) atoms. The number of carbonyl (C=O) groups is 2. The third kappa shape index (κ3) is 3.99. The van der Waals surface area contributed by atoms with Crippen LogP contribution in [-0.4, -0.2) is 34.8 Å². The van der Waals surface area contributed by atoms with Crippen LogP contribution in [0.4, 0.5) is 14.5 Å². The molecule has 0 bridgehead atoms. The summed E-state index contributed by atoms with van der Waals surface area (Å²) in [5, 5.41) is 3.59. The van der Waals surface area contributed by atoms with E-state index in [0.717, 1.165) is 22.5 Å². The normalized spacial score (nSPS) is 16.6. The molecule has 5 nitrogen and oxygen atoms in total. The van der Waals surface area contributed by atoms with Gasteiger partial charge in [-0.15, -0.1) is 0 Å². The number of anilines is 1. The van der Waals surface area contributed by atoms with Gasteiger partial charge in [0.25, 0.3) is 0 Å². The summed E-state index contributed by atoms with van der Waals surface area (Å²) in [6.07, 6.45) is 2.71. The number of nitrogens with zero attached hydrogens (tertiary/aromatic N) is 1. The van der Waals surface area contributed by atoms with E-state index in [4.69, 9.17) is 0 Å². The van der Waals surface area contributed by atoms with Crippen molar-refractivity contribution in [1.82, 2.24) is 9.88 Å². The first-order valence-corrected chi connectivity index (χ1v) is 9.51. The Bertz CT molecular complexity index is 1090. The maximum Gasteiger partial charge on any atom is 0.229 e. The second kappa shape index (κ2) is 7.66. The molecule has 3 aromatic rings. The predicted octanol–water partition coefficient (Wildman–Crippen LogP) is 3.78. The molecule has 0 radical (unpaired) electrons. The molecule has 1 saturated heterocycles. The average Bonchev–Trinajstić information content (AvgIpc) is 3.25. The van der Waals surface area contributed by atoms with Crippen LogP contribution in [0.15, 0.2) is 42.6 Å². The van der Waals surface area contributed by atoms with Crippen molar-refractivity contribution < 1.29 is 18.4 Å². The van der Waals surface area contributed by atoms with Crippen LogP contribution >= 0.6 is 0 Å². The maximum atomic E-state index is 13.7. The Hall–Kier alpha value is -3.22. The van der Waals surface area contributed by atoms with Crippen LogP contribution in [0.1, 0.15) is 17.5 Å². The highest BCUT2D eigenvalue weighted by molar-refractivity contribution is 5.97. The predicted molar refractivity (Wildman–Crippen MR) is 106 cm³/mol. The van der Waals surface area contributed by atoms with Crippen LogP contribution in [0.2, 0.25) is 0 Å². The number of fused-ring (bicyclic) bond motifs is 1. The summed E-state index contributed by atoms with van der Waals surface area (Å²) >= 11 is 0. The minimum absolute atomic E-state index is 0.0850. The van der Waals surface area contributed by atoms with E-state index in [-0.39, 0.29) is 24.6 Å². The van der Waals surface area contributed by atoms with Gasteiger partial charge in [-0.2, -0.15) is 0 Å². The highest BCUT2D eigenvalue weighted by Gasteiger charge is 2.34. The molecule has 2 heterocycles. The lowest BCUT2D eigenvalue weighted by atomic mass is 10.1. The molecule has 4 rings (SSSR count). The van der Waals surface area contributed by atoms with Crippen LogP contribution in [-0.2, 0) is 16.0 Å². The van der Waals surface area contributed by atoms with Gasteiger partial charge in [-0.05, 0) is 43.2 Å². The number of aromatic amines is 1. The van der Waals surface area contributed by atoms with E-state index >= 15 is 0 Å². The van der Waals surface area contributed by atoms with Gasteiger partial charge in [0.15, 0.2) is 0 Å². The van der Waals surface area contributed by atoms with Gasteiger partial charge in [-0.25, -0.2) is 8.78 Å². The molecule has 1 aliphatic heterocycles. The van der Waals surface area contributed by atoms with Crippen molar-refractivity contribution in [2.75, 3.05) is 18.4 Å². The summed E-state index contributed by atoms with van der Waals surface area (Å²) in [6, 6.07) is 9.15. The second-order valence-corrected chi connectivity index (χ2v) is 7.47. The first-order chi connectivity index (χ1) is 13.9. The number of aromatic nitrogens is 1. The molecule has 2 N–H and O–H groups in total. The first kappa shape index (κ1) is 19.1. The van der Waals surface area contributed by atoms with E-state index in [1.165, 1.54) is 11.6 Å². The number of H-pyrrole nitrogens is 1. The lowest BCUT2D eigenvalue weighted by molar-refractivity contribution is -0.128. The largest absolute Gasteiger partial charge is 0.361 e. The number of aryl methyl sites for hydroxylation is 1. The van der Waals surface area contributed by atoms with Gasteiger partial charge in [-0.3, -0.25) is 9.59 Å². The molecule has 1 aliphatic rings. The Kier molecular flexibility index (Phi) is 5.05. The van der Waals surface area contributed by atoms with Crippen LogP contribution in [0, 0.1) is 24.5 Å². The van der Waals surface area contributed by atoms with Gasteiger partial charge >= 0.3 is 0 Å². The van der Waals surface area contributed by atoms with Gasteiger partial charge < -0.3 is 15.2 Å². The van der Waals surface area contributed by atoms with Crippen molar-refractivity contribution in [1.29, 1.82) is 0 Å². The molecule has 7 heteroatoms. The zero-order chi connectivity index (χ0) is 20.5. The number of amides is 2. The molecule has 2 amide bonds. The van der Waals surface area contributed by atoms with Gasteiger partial charge in [0.2, 0.25) is 11.8 Å². The molecule has 0 saturated carbocycles. The SMILES string of the molecule is Cc1ccc2[nH]cc(CCN3CC(C(=O)Nc4ccc(F)cc4F)CC3=O)c2c1. The fourth-order valence-corrected chi connectivity index (χ4v) is 3.74. The number of benzene rings is 2. The number of halogens is 2. The molecule has 1 atom stereocenters. The minimum atomic E-state index is -0.839. The standard InChI is InChI=1S/C22H21F2N3O2/c1-13-2-4-19-17(8-13)14(11-25-19)6-7-27-12-15(9-21(27)28)22(29)26-20-5-3-16(23)10-18(20)24/h2-5,8,10-11,15,25H,6-7,9,12H2,1H3,(H,26,29). The van der Waals surface area contributed by atoms with Crippen LogP contribution in [0.3, 0.4) is 0 Å². The molecule has 2 aromatic carbocycles. The third-order valence-electron chi connectivity index (χ3n) is 5.35. The van der Waals surface area contributed by atoms with Gasteiger partial charge in [0.05, 0.1) is 11.6 Å². The molecular formula is C22H21F2N3O2. The van der Waals surface area contributed by atoms with Crippen molar-refractivity contribution >= 4 is 28.4 Å². The van der Waals surface area contributed by atoms with Crippen molar-refractivity contribution in [3.8, 4) is 0 Å². The fraction of sp³-hybridized carbons (Fsp3) is 0.273. The van der Waals surface area contributed by atoms with Crippen molar-refractivity contribution in [2.45, 2.75) is 19.8 Å². The van der Waals surface area contributed by atoms with Crippen LogP contribution in [0.25, 0.3) is 10.9 Å². The molecule has 1 fully saturated rings. The van der Waals surface area contributed by atoms with E-state index in [1.807, 2.05) is 25.3 Å². The summed E-state index contributed by atoms with van der Waals surface area (Å²) in [7, 11) is 0. The third-order valence-corrected chi connectivity index (χ3v) is 5.35. The zero-order valence-electron chi connectivity index (χ0n) is 16.0. The Morgan fingerprint density at radius 2 is 2.07 bits per heavy atom. The number of likely N-dealkylation sites (tertiary alicyclic amines) is 1. The lowest BCUT2D eigenvalue weighted by Crippen LogP contribution is -2.30. The minimum Gasteiger partial charge on any atom is -0.361 e. The Morgan fingerprint density at radius 1 is 1.24 bits per heavy atom. The van der Waals surface area contributed by atoms with E-state index in [2.05, 4.69) is 16.4 Å². The molecule has 1 unspecified atom stereocenters. The van der Waals surface area contributed by atoms with Gasteiger partial charge in [0.1, 0.15) is 11.6 Å². The maximum absolute atomic E-state index is 13.7. The quantitative estimate of drug-likeness (QED) is 0.688. The van der Waals surface area contributed by atoms with Crippen molar-refractivity contribution in [3.05, 3.63) is 65.4 Å². The monoisotopic (exact) mass is 397 g/mol. The summed E-state index contributed by atoms with van der Waals surface area (Å²) in [6.45, 7) is 2.83. The summed E-state index contributed by atoms with van der Waals surface area (Å²) in [5.41, 5.74) is 3.26. The summed E-state index contributed by atoms with van der Waals surface area (Å²) < 4.78 is 26.8. The van der Waals surface area contributed by atoms with E-state index in [1.54, 1.807) is 4.90 Å². The van der Waals surface area contributed by atoms with E-state index in [9.17, 15) is 18.4 Å². The topological polar surface area (TPSA) is 65.2 Å². The van der Waals surface area contributed by atoms with Crippen molar-refractivity contribution in [3.63, 3.8) is 0 Å². The first-order valence-electron chi connectivity index (χ1n) is 9.51. The van der Waals surface area contributed by atoms with Gasteiger partial charge in [0, 0.05) is 42.7 Å².